The standard InChI is InChI=1S/C24H40O/c1-7-17-8-9-19-22-16(3)13-18-12-15(2)10-11-23(18,4)20(22)14-21(25-6)24(17,19)5/h7,15-16,18-22H,8-14H2,1-6H3/b17-7-/t15-,16-,18+,19+,20+,21-,22+,23+,24-/m1/s1. The van der Waals surface area contributed by atoms with E-state index in [1.54, 1.807) is 5.57 Å². The summed E-state index contributed by atoms with van der Waals surface area (Å²) in [5.41, 5.74) is 2.56. The van der Waals surface area contributed by atoms with Gasteiger partial charge in [0.15, 0.2) is 0 Å². The molecule has 0 aliphatic heterocycles. The van der Waals surface area contributed by atoms with E-state index in [-0.39, 0.29) is 0 Å². The van der Waals surface area contributed by atoms with Crippen molar-refractivity contribution in [2.45, 2.75) is 85.7 Å². The summed E-state index contributed by atoms with van der Waals surface area (Å²) in [6.45, 7) is 12.6. The van der Waals surface area contributed by atoms with E-state index in [1.165, 1.54) is 44.9 Å². The van der Waals surface area contributed by atoms with Gasteiger partial charge in [0.25, 0.3) is 0 Å². The number of rotatable bonds is 1. The number of fused-ring (bicyclic) bond motifs is 5. The van der Waals surface area contributed by atoms with Crippen LogP contribution >= 0.6 is 0 Å². The fraction of sp³-hybridized carbons (Fsp3) is 0.917. The molecule has 0 N–H and O–H groups in total. The second-order valence-electron chi connectivity index (χ2n) is 10.7. The van der Waals surface area contributed by atoms with Crippen LogP contribution in [0.4, 0.5) is 0 Å². The van der Waals surface area contributed by atoms with Crippen LogP contribution in [-0.4, -0.2) is 13.2 Å². The lowest BCUT2D eigenvalue weighted by Crippen LogP contribution is -2.59. The molecule has 0 radical (unpaired) electrons. The zero-order chi connectivity index (χ0) is 18.0. The number of hydrogen-bond acceptors (Lipinski definition) is 1. The predicted octanol–water partition coefficient (Wildman–Crippen LogP) is 6.48. The van der Waals surface area contributed by atoms with Crippen molar-refractivity contribution in [2.24, 2.45) is 46.3 Å². The van der Waals surface area contributed by atoms with Gasteiger partial charge in [-0.05, 0) is 86.4 Å². The summed E-state index contributed by atoms with van der Waals surface area (Å²) in [5, 5.41) is 0. The first-order chi connectivity index (χ1) is 11.9. The normalized spacial score (nSPS) is 57.0. The number of ether oxygens (including phenoxy) is 1. The van der Waals surface area contributed by atoms with Crippen molar-refractivity contribution in [3.63, 3.8) is 0 Å². The highest BCUT2D eigenvalue weighted by molar-refractivity contribution is 5.26. The van der Waals surface area contributed by atoms with Crippen LogP contribution in [0.25, 0.3) is 0 Å². The number of hydrogen-bond donors (Lipinski definition) is 0. The number of allylic oxidation sites excluding steroid dienone is 1. The Kier molecular flexibility index (Phi) is 4.42. The molecule has 4 rings (SSSR count). The Hall–Kier alpha value is -0.300. The molecule has 4 saturated carbocycles. The third kappa shape index (κ3) is 2.36. The average molecular weight is 345 g/mol. The monoisotopic (exact) mass is 344 g/mol. The minimum atomic E-state index is 0.296. The van der Waals surface area contributed by atoms with E-state index in [9.17, 15) is 0 Å². The highest BCUT2D eigenvalue weighted by Gasteiger charge is 2.63. The molecular weight excluding hydrogens is 304 g/mol. The average Bonchev–Trinajstić information content (AvgIpc) is 2.93. The molecular formula is C24H40O. The minimum absolute atomic E-state index is 0.296. The van der Waals surface area contributed by atoms with Crippen molar-refractivity contribution in [3.8, 4) is 0 Å². The maximum atomic E-state index is 6.23. The smallest absolute Gasteiger partial charge is 0.0667 e. The van der Waals surface area contributed by atoms with Gasteiger partial charge in [-0.3, -0.25) is 0 Å². The van der Waals surface area contributed by atoms with Gasteiger partial charge in [-0.15, -0.1) is 0 Å². The summed E-state index contributed by atoms with van der Waals surface area (Å²) in [7, 11) is 1.98. The Labute approximate surface area is 156 Å². The van der Waals surface area contributed by atoms with Crippen molar-refractivity contribution in [1.29, 1.82) is 0 Å². The summed E-state index contributed by atoms with van der Waals surface area (Å²) in [4.78, 5) is 0. The molecule has 0 heterocycles. The van der Waals surface area contributed by atoms with E-state index in [2.05, 4.69) is 40.7 Å². The van der Waals surface area contributed by atoms with Crippen LogP contribution in [0.2, 0.25) is 0 Å². The van der Waals surface area contributed by atoms with Crippen LogP contribution in [0, 0.1) is 46.3 Å². The first-order valence-electron chi connectivity index (χ1n) is 11.0. The van der Waals surface area contributed by atoms with Gasteiger partial charge in [-0.1, -0.05) is 45.8 Å². The molecule has 4 aliphatic rings. The molecule has 1 nitrogen and oxygen atoms in total. The Balaban J connectivity index is 1.74. The molecule has 0 aromatic carbocycles. The molecule has 0 aromatic heterocycles. The van der Waals surface area contributed by atoms with Gasteiger partial charge in [0.2, 0.25) is 0 Å². The second-order valence-corrected chi connectivity index (χ2v) is 10.7. The largest absolute Gasteiger partial charge is 0.381 e. The van der Waals surface area contributed by atoms with Gasteiger partial charge in [0.1, 0.15) is 0 Å². The molecule has 25 heavy (non-hydrogen) atoms. The summed E-state index contributed by atoms with van der Waals surface area (Å²) < 4.78 is 6.23. The van der Waals surface area contributed by atoms with Crippen LogP contribution in [0.5, 0.6) is 0 Å². The van der Waals surface area contributed by atoms with E-state index in [4.69, 9.17) is 4.74 Å². The molecule has 0 bridgehead atoms. The Morgan fingerprint density at radius 2 is 1.80 bits per heavy atom. The van der Waals surface area contributed by atoms with Crippen LogP contribution < -0.4 is 0 Å². The second kappa shape index (κ2) is 6.11. The summed E-state index contributed by atoms with van der Waals surface area (Å²) in [6, 6.07) is 0. The molecule has 0 amide bonds. The highest BCUT2D eigenvalue weighted by atomic mass is 16.5. The first-order valence-corrected chi connectivity index (χ1v) is 11.0. The molecule has 4 fully saturated rings. The Morgan fingerprint density at radius 1 is 1.04 bits per heavy atom. The van der Waals surface area contributed by atoms with Crippen LogP contribution in [-0.2, 0) is 4.74 Å². The summed E-state index contributed by atoms with van der Waals surface area (Å²) >= 11 is 0. The fourth-order valence-electron chi connectivity index (χ4n) is 8.46. The molecule has 0 saturated heterocycles. The molecule has 0 unspecified atom stereocenters. The van der Waals surface area contributed by atoms with E-state index >= 15 is 0 Å². The lowest BCUT2D eigenvalue weighted by atomic mass is 9.42. The lowest BCUT2D eigenvalue weighted by molar-refractivity contribution is -0.173. The Morgan fingerprint density at radius 3 is 2.48 bits per heavy atom. The topological polar surface area (TPSA) is 9.23 Å². The molecule has 1 heteroatoms. The quantitative estimate of drug-likeness (QED) is 0.494. The zero-order valence-corrected chi connectivity index (χ0v) is 17.5. The fourth-order valence-corrected chi connectivity index (χ4v) is 8.46. The van der Waals surface area contributed by atoms with E-state index in [0.29, 0.717) is 16.9 Å². The SMILES string of the molecule is C/C=C1/CC[C@H]2[C@@H]3[C@H](C)C[C@@H]4C[C@H](C)CC[C@]4(C)[C@H]3C[C@@H](OC)[C@]12C. The van der Waals surface area contributed by atoms with Crippen molar-refractivity contribution >= 4 is 0 Å². The van der Waals surface area contributed by atoms with E-state index in [1.807, 2.05) is 7.11 Å². The third-order valence-electron chi connectivity index (χ3n) is 9.84. The van der Waals surface area contributed by atoms with Gasteiger partial charge in [-0.2, -0.15) is 0 Å². The molecule has 142 valence electrons. The zero-order valence-electron chi connectivity index (χ0n) is 17.5. The summed E-state index contributed by atoms with van der Waals surface area (Å²) in [6.07, 6.45) is 12.7. The molecule has 0 aromatic rings. The minimum Gasteiger partial charge on any atom is -0.381 e. The Bertz CT molecular complexity index is 550. The highest BCUT2D eigenvalue weighted by Crippen LogP contribution is 2.69. The maximum absolute atomic E-state index is 6.23. The first kappa shape index (κ1) is 18.1. The predicted molar refractivity (Wildman–Crippen MR) is 105 cm³/mol. The molecule has 9 atom stereocenters. The van der Waals surface area contributed by atoms with Gasteiger partial charge in [0, 0.05) is 12.5 Å². The van der Waals surface area contributed by atoms with Crippen molar-refractivity contribution in [1.82, 2.24) is 0 Å². The van der Waals surface area contributed by atoms with Crippen LogP contribution in [0.1, 0.15) is 79.6 Å². The number of methoxy groups -OCH3 is 1. The molecule has 0 spiro atoms. The van der Waals surface area contributed by atoms with E-state index < -0.39 is 0 Å². The van der Waals surface area contributed by atoms with Crippen LogP contribution in [0.3, 0.4) is 0 Å². The van der Waals surface area contributed by atoms with Crippen molar-refractivity contribution in [2.75, 3.05) is 7.11 Å². The van der Waals surface area contributed by atoms with Gasteiger partial charge in [-0.25, -0.2) is 0 Å². The van der Waals surface area contributed by atoms with Crippen molar-refractivity contribution < 1.29 is 4.74 Å². The molecule has 4 aliphatic carbocycles. The van der Waals surface area contributed by atoms with Gasteiger partial charge in [0.05, 0.1) is 6.10 Å². The van der Waals surface area contributed by atoms with Gasteiger partial charge < -0.3 is 4.74 Å². The maximum Gasteiger partial charge on any atom is 0.0667 e. The lowest BCUT2D eigenvalue weighted by Gasteiger charge is -2.64. The van der Waals surface area contributed by atoms with Crippen molar-refractivity contribution in [3.05, 3.63) is 11.6 Å². The summed E-state index contributed by atoms with van der Waals surface area (Å²) in [5.74, 6) is 5.43. The van der Waals surface area contributed by atoms with Gasteiger partial charge >= 0.3 is 0 Å². The third-order valence-corrected chi connectivity index (χ3v) is 9.84. The van der Waals surface area contributed by atoms with E-state index in [0.717, 1.165) is 35.5 Å². The van der Waals surface area contributed by atoms with Crippen LogP contribution in [0.15, 0.2) is 11.6 Å².